The topological polar surface area (TPSA) is 84.1 Å². The first-order valence-electron chi connectivity index (χ1n) is 10.0. The average molecular weight is 393 g/mol. The first kappa shape index (κ1) is 20.7. The lowest BCUT2D eigenvalue weighted by Gasteiger charge is -2.19. The molecule has 0 atom stereocenters. The molecule has 0 bridgehead atoms. The van der Waals surface area contributed by atoms with Crippen molar-refractivity contribution >= 4 is 17.7 Å². The van der Waals surface area contributed by atoms with E-state index in [0.29, 0.717) is 11.4 Å². The van der Waals surface area contributed by atoms with Gasteiger partial charge in [-0.3, -0.25) is 9.59 Å². The van der Waals surface area contributed by atoms with Crippen LogP contribution in [0.2, 0.25) is 0 Å². The normalized spacial score (nSPS) is 13.9. The zero-order valence-electron chi connectivity index (χ0n) is 17.2. The molecule has 3 rings (SSSR count). The molecule has 1 amide bonds. The maximum atomic E-state index is 12.5. The number of hydrogen-bond acceptors (Lipinski definition) is 4. The highest BCUT2D eigenvalue weighted by Crippen LogP contribution is 2.37. The van der Waals surface area contributed by atoms with Gasteiger partial charge in [-0.25, -0.2) is 0 Å². The van der Waals surface area contributed by atoms with Gasteiger partial charge in [-0.2, -0.15) is 5.26 Å². The summed E-state index contributed by atoms with van der Waals surface area (Å²) in [6.07, 6.45) is 4.48. The van der Waals surface area contributed by atoms with Gasteiger partial charge in [-0.1, -0.05) is 42.7 Å². The fraction of sp³-hybridized carbons (Fsp3) is 0.435. The van der Waals surface area contributed by atoms with Gasteiger partial charge in [-0.05, 0) is 44.7 Å². The summed E-state index contributed by atoms with van der Waals surface area (Å²) in [6, 6.07) is 10.1. The molecule has 0 radical (unpaired) electrons. The summed E-state index contributed by atoms with van der Waals surface area (Å²) >= 11 is 0. The molecular formula is C23H27N3O3. The Kier molecular flexibility index (Phi) is 6.38. The molecule has 1 heterocycles. The second-order valence-electron chi connectivity index (χ2n) is 7.73. The van der Waals surface area contributed by atoms with E-state index in [1.54, 1.807) is 0 Å². The predicted molar refractivity (Wildman–Crippen MR) is 111 cm³/mol. The number of aryl methyl sites for hydroxylation is 1. The van der Waals surface area contributed by atoms with E-state index in [0.717, 1.165) is 48.1 Å². The number of carbonyl (C=O) groups is 2. The third-order valence-corrected chi connectivity index (χ3v) is 5.65. The van der Waals surface area contributed by atoms with Crippen molar-refractivity contribution in [3.05, 3.63) is 52.2 Å². The number of rotatable bonds is 6. The maximum Gasteiger partial charge on any atom is 0.310 e. The number of benzene rings is 1. The van der Waals surface area contributed by atoms with Crippen molar-refractivity contribution in [2.24, 2.45) is 0 Å². The van der Waals surface area contributed by atoms with Gasteiger partial charge >= 0.3 is 5.97 Å². The van der Waals surface area contributed by atoms with Gasteiger partial charge in [-0.15, -0.1) is 0 Å². The van der Waals surface area contributed by atoms with Crippen LogP contribution in [0.3, 0.4) is 0 Å². The lowest BCUT2D eigenvalue weighted by molar-refractivity contribution is -0.146. The van der Waals surface area contributed by atoms with Crippen molar-refractivity contribution in [3.63, 3.8) is 0 Å². The fourth-order valence-corrected chi connectivity index (χ4v) is 3.94. The van der Waals surface area contributed by atoms with Crippen molar-refractivity contribution in [2.45, 2.75) is 58.9 Å². The second-order valence-corrected chi connectivity index (χ2v) is 7.73. The molecule has 1 fully saturated rings. The summed E-state index contributed by atoms with van der Waals surface area (Å²) in [4.78, 5) is 24.5. The first-order chi connectivity index (χ1) is 13.9. The number of nitrogens with zero attached hydrogens (tertiary/aromatic N) is 2. The van der Waals surface area contributed by atoms with Gasteiger partial charge in [0.2, 0.25) is 0 Å². The number of esters is 1. The summed E-state index contributed by atoms with van der Waals surface area (Å²) in [5.41, 5.74) is 4.32. The van der Waals surface area contributed by atoms with Gasteiger partial charge in [0.05, 0.1) is 12.0 Å². The van der Waals surface area contributed by atoms with Gasteiger partial charge < -0.3 is 14.6 Å². The zero-order chi connectivity index (χ0) is 21.0. The number of anilines is 1. The predicted octanol–water partition coefficient (Wildman–Crippen LogP) is 4.12. The van der Waals surface area contributed by atoms with Crippen LogP contribution in [0.4, 0.5) is 5.82 Å². The van der Waals surface area contributed by atoms with Crippen molar-refractivity contribution in [1.29, 1.82) is 5.26 Å². The van der Waals surface area contributed by atoms with Crippen LogP contribution in [0.1, 0.15) is 59.7 Å². The average Bonchev–Trinajstić information content (AvgIpc) is 3.29. The molecule has 0 unspecified atom stereocenters. The monoisotopic (exact) mass is 393 g/mol. The molecule has 0 saturated heterocycles. The quantitative estimate of drug-likeness (QED) is 0.748. The highest BCUT2D eigenvalue weighted by molar-refractivity contribution is 5.94. The maximum absolute atomic E-state index is 12.5. The number of aromatic nitrogens is 1. The molecule has 6 heteroatoms. The van der Waals surface area contributed by atoms with Gasteiger partial charge in [0, 0.05) is 11.7 Å². The number of ether oxygens (including phenoxy) is 1. The zero-order valence-corrected chi connectivity index (χ0v) is 17.2. The van der Waals surface area contributed by atoms with Crippen molar-refractivity contribution in [1.82, 2.24) is 4.57 Å². The largest absolute Gasteiger partial charge is 0.455 e. The minimum Gasteiger partial charge on any atom is -0.455 e. The van der Waals surface area contributed by atoms with E-state index in [4.69, 9.17) is 4.74 Å². The lowest BCUT2D eigenvalue weighted by Crippen LogP contribution is -2.24. The Labute approximate surface area is 171 Å². The smallest absolute Gasteiger partial charge is 0.310 e. The Balaban J connectivity index is 1.65. The minimum absolute atomic E-state index is 0.119. The van der Waals surface area contributed by atoms with E-state index in [9.17, 15) is 14.9 Å². The Hall–Kier alpha value is -3.07. The van der Waals surface area contributed by atoms with Crippen LogP contribution in [0.15, 0.2) is 24.3 Å². The number of amides is 1. The molecule has 2 aromatic rings. The molecule has 1 aromatic carbocycles. The fourth-order valence-electron chi connectivity index (χ4n) is 3.94. The van der Waals surface area contributed by atoms with Gasteiger partial charge in [0.25, 0.3) is 5.91 Å². The molecule has 152 valence electrons. The minimum atomic E-state index is -0.456. The molecule has 1 saturated carbocycles. The molecule has 0 aliphatic heterocycles. The van der Waals surface area contributed by atoms with E-state index in [1.165, 1.54) is 0 Å². The van der Waals surface area contributed by atoms with Crippen LogP contribution >= 0.6 is 0 Å². The summed E-state index contributed by atoms with van der Waals surface area (Å²) < 4.78 is 7.22. The molecule has 1 aliphatic carbocycles. The Morgan fingerprint density at radius 3 is 2.45 bits per heavy atom. The van der Waals surface area contributed by atoms with Crippen LogP contribution in [0.5, 0.6) is 0 Å². The highest BCUT2D eigenvalue weighted by Gasteiger charge is 2.26. The first-order valence-corrected chi connectivity index (χ1v) is 10.0. The van der Waals surface area contributed by atoms with E-state index in [2.05, 4.69) is 16.0 Å². The molecule has 1 N–H and O–H groups in total. The molecule has 0 spiro atoms. The standard InChI is InChI=1S/C23H27N3O3/c1-15-8-10-18(11-9-15)12-22(28)29-14-21(27)25-23-20(13-24)16(2)17(3)26(23)19-6-4-5-7-19/h8-11,19H,4-7,12,14H2,1-3H3,(H,25,27). The van der Waals surface area contributed by atoms with Crippen LogP contribution in [0.25, 0.3) is 0 Å². The molecule has 29 heavy (non-hydrogen) atoms. The Bertz CT molecular complexity index is 945. The van der Waals surface area contributed by atoms with Crippen LogP contribution in [-0.2, 0) is 20.7 Å². The Morgan fingerprint density at radius 1 is 1.17 bits per heavy atom. The summed E-state index contributed by atoms with van der Waals surface area (Å²) in [6.45, 7) is 5.48. The second kappa shape index (κ2) is 8.95. The lowest BCUT2D eigenvalue weighted by atomic mass is 10.1. The summed E-state index contributed by atoms with van der Waals surface area (Å²) in [5.74, 6) is -0.368. The number of nitriles is 1. The number of hydrogen-bond donors (Lipinski definition) is 1. The molecular weight excluding hydrogens is 366 g/mol. The van der Waals surface area contributed by atoms with Crippen LogP contribution in [-0.4, -0.2) is 23.1 Å². The van der Waals surface area contributed by atoms with E-state index < -0.39 is 11.9 Å². The van der Waals surface area contributed by atoms with Gasteiger partial charge in [0.1, 0.15) is 11.9 Å². The highest BCUT2D eigenvalue weighted by atomic mass is 16.5. The van der Waals surface area contributed by atoms with Crippen molar-refractivity contribution in [3.8, 4) is 6.07 Å². The number of carbonyl (C=O) groups excluding carboxylic acids is 2. The third-order valence-electron chi connectivity index (χ3n) is 5.65. The van der Waals surface area contributed by atoms with Gasteiger partial charge in [0.15, 0.2) is 6.61 Å². The van der Waals surface area contributed by atoms with Crippen LogP contribution in [0, 0.1) is 32.1 Å². The third kappa shape index (κ3) is 4.68. The van der Waals surface area contributed by atoms with Crippen molar-refractivity contribution in [2.75, 3.05) is 11.9 Å². The number of nitrogens with one attached hydrogen (secondary N) is 1. The SMILES string of the molecule is Cc1ccc(CC(=O)OCC(=O)Nc2c(C#N)c(C)c(C)n2C2CCCC2)cc1. The Morgan fingerprint density at radius 2 is 1.83 bits per heavy atom. The van der Waals surface area contributed by atoms with Crippen LogP contribution < -0.4 is 5.32 Å². The van der Waals surface area contributed by atoms with Crippen molar-refractivity contribution < 1.29 is 14.3 Å². The summed E-state index contributed by atoms with van der Waals surface area (Å²) in [7, 11) is 0. The van der Waals surface area contributed by atoms with E-state index >= 15 is 0 Å². The molecule has 6 nitrogen and oxygen atoms in total. The molecule has 1 aliphatic rings. The van der Waals surface area contributed by atoms with E-state index in [-0.39, 0.29) is 19.1 Å². The van der Waals surface area contributed by atoms with E-state index in [1.807, 2.05) is 45.0 Å². The summed E-state index contributed by atoms with van der Waals surface area (Å²) in [5, 5.41) is 12.4. The molecule has 1 aromatic heterocycles.